The molecule has 0 fully saturated rings. The van der Waals surface area contributed by atoms with Gasteiger partial charge in [-0.2, -0.15) is 13.2 Å². The van der Waals surface area contributed by atoms with Crippen molar-refractivity contribution < 1.29 is 27.6 Å². The van der Waals surface area contributed by atoms with Crippen LogP contribution in [0.4, 0.5) is 24.5 Å². The van der Waals surface area contributed by atoms with E-state index in [1.165, 1.54) is 24.9 Å². The molecular formula is C20H19ClF3N3O3. The van der Waals surface area contributed by atoms with Crippen LogP contribution in [0.5, 0.6) is 0 Å². The smallest absolute Gasteiger partial charge is 0.325 e. The second-order valence-electron chi connectivity index (χ2n) is 6.56. The van der Waals surface area contributed by atoms with E-state index in [0.717, 1.165) is 12.1 Å². The van der Waals surface area contributed by atoms with E-state index in [2.05, 4.69) is 10.6 Å². The van der Waals surface area contributed by atoms with Gasteiger partial charge < -0.3 is 10.6 Å². The number of ketones is 1. The van der Waals surface area contributed by atoms with Crippen molar-refractivity contribution in [3.63, 3.8) is 0 Å². The van der Waals surface area contributed by atoms with Crippen molar-refractivity contribution in [3.8, 4) is 0 Å². The van der Waals surface area contributed by atoms with Crippen LogP contribution in [0, 0.1) is 0 Å². The number of Topliss-reactive ketones (excluding diaryl/α,β-unsaturated/α-hetero) is 1. The first-order chi connectivity index (χ1) is 14.0. The molecule has 0 aliphatic carbocycles. The van der Waals surface area contributed by atoms with Crippen LogP contribution < -0.4 is 10.6 Å². The largest absolute Gasteiger partial charge is 0.417 e. The second kappa shape index (κ2) is 9.73. The van der Waals surface area contributed by atoms with Crippen molar-refractivity contribution in [1.82, 2.24) is 4.90 Å². The van der Waals surface area contributed by atoms with Gasteiger partial charge in [0.25, 0.3) is 0 Å². The summed E-state index contributed by atoms with van der Waals surface area (Å²) in [4.78, 5) is 37.3. The Hall–Kier alpha value is -2.91. The molecule has 10 heteroatoms. The summed E-state index contributed by atoms with van der Waals surface area (Å²) in [5, 5.41) is 4.48. The number of amides is 2. The van der Waals surface area contributed by atoms with Crippen LogP contribution in [-0.4, -0.2) is 42.6 Å². The molecule has 2 aromatic rings. The highest BCUT2D eigenvalue weighted by Gasteiger charge is 2.33. The number of halogens is 4. The lowest BCUT2D eigenvalue weighted by atomic mass is 10.1. The highest BCUT2D eigenvalue weighted by molar-refractivity contribution is 6.31. The van der Waals surface area contributed by atoms with Crippen molar-refractivity contribution in [2.24, 2.45) is 0 Å². The lowest BCUT2D eigenvalue weighted by molar-refractivity contribution is -0.137. The average Bonchev–Trinajstić information content (AvgIpc) is 2.62. The number of likely N-dealkylation sites (N-methyl/N-ethyl adjacent to an activating group) is 1. The number of alkyl halides is 3. The van der Waals surface area contributed by atoms with Gasteiger partial charge in [-0.1, -0.05) is 23.7 Å². The molecule has 0 atom stereocenters. The van der Waals surface area contributed by atoms with Crippen molar-refractivity contribution in [1.29, 1.82) is 0 Å². The Bertz CT molecular complexity index is 964. The number of hydrogen-bond donors (Lipinski definition) is 2. The monoisotopic (exact) mass is 441 g/mol. The van der Waals surface area contributed by atoms with Gasteiger partial charge in [-0.15, -0.1) is 0 Å². The van der Waals surface area contributed by atoms with E-state index in [-0.39, 0.29) is 24.6 Å². The molecule has 0 heterocycles. The fourth-order valence-electron chi connectivity index (χ4n) is 2.66. The molecule has 0 aromatic heterocycles. The molecule has 0 unspecified atom stereocenters. The summed E-state index contributed by atoms with van der Waals surface area (Å²) < 4.78 is 38.7. The predicted molar refractivity (Wildman–Crippen MR) is 108 cm³/mol. The molecule has 0 aliphatic heterocycles. The third-order valence-corrected chi connectivity index (χ3v) is 4.29. The number of rotatable bonds is 7. The maximum Gasteiger partial charge on any atom is 0.417 e. The molecule has 2 aromatic carbocycles. The highest BCUT2D eigenvalue weighted by atomic mass is 35.5. The van der Waals surface area contributed by atoms with Gasteiger partial charge in [0.2, 0.25) is 11.8 Å². The Labute approximate surface area is 176 Å². The Morgan fingerprint density at radius 3 is 2.20 bits per heavy atom. The Morgan fingerprint density at radius 1 is 1.00 bits per heavy atom. The van der Waals surface area contributed by atoms with Gasteiger partial charge in [0.15, 0.2) is 5.78 Å². The third-order valence-electron chi connectivity index (χ3n) is 3.96. The normalized spacial score (nSPS) is 11.3. The van der Waals surface area contributed by atoms with Crippen LogP contribution in [0.25, 0.3) is 0 Å². The molecule has 0 saturated carbocycles. The van der Waals surface area contributed by atoms with Crippen LogP contribution in [0.3, 0.4) is 0 Å². The zero-order valence-electron chi connectivity index (χ0n) is 16.1. The van der Waals surface area contributed by atoms with E-state index in [1.54, 1.807) is 24.3 Å². The molecule has 160 valence electrons. The number of hydrogen-bond acceptors (Lipinski definition) is 4. The summed E-state index contributed by atoms with van der Waals surface area (Å²) in [5.74, 6) is -1.27. The summed E-state index contributed by atoms with van der Waals surface area (Å²) in [6, 6.07) is 9.54. The SMILES string of the molecule is CC(=O)c1ccccc1NC(=O)CN(C)CC(=O)Nc1ccc(Cl)c(C(F)(F)F)c1. The number of para-hydroxylation sites is 1. The minimum atomic E-state index is -4.65. The van der Waals surface area contributed by atoms with Crippen molar-refractivity contribution in [3.05, 3.63) is 58.6 Å². The van der Waals surface area contributed by atoms with Crippen LogP contribution in [0.15, 0.2) is 42.5 Å². The van der Waals surface area contributed by atoms with Gasteiger partial charge in [-0.3, -0.25) is 19.3 Å². The average molecular weight is 442 g/mol. The lowest BCUT2D eigenvalue weighted by Gasteiger charge is -2.17. The van der Waals surface area contributed by atoms with Crippen molar-refractivity contribution >= 4 is 40.6 Å². The maximum absolute atomic E-state index is 12.9. The molecular weight excluding hydrogens is 423 g/mol. The van der Waals surface area contributed by atoms with E-state index in [1.807, 2.05) is 0 Å². The van der Waals surface area contributed by atoms with Crippen LogP contribution in [0.2, 0.25) is 5.02 Å². The molecule has 0 spiro atoms. The van der Waals surface area contributed by atoms with Crippen LogP contribution in [0.1, 0.15) is 22.8 Å². The molecule has 0 radical (unpaired) electrons. The zero-order chi connectivity index (χ0) is 22.5. The fourth-order valence-corrected chi connectivity index (χ4v) is 2.88. The zero-order valence-corrected chi connectivity index (χ0v) is 16.9. The first-order valence-electron chi connectivity index (χ1n) is 8.72. The van der Waals surface area contributed by atoms with Gasteiger partial charge in [0, 0.05) is 11.3 Å². The van der Waals surface area contributed by atoms with Gasteiger partial charge in [-0.25, -0.2) is 0 Å². The van der Waals surface area contributed by atoms with Crippen LogP contribution >= 0.6 is 11.6 Å². The molecule has 0 saturated heterocycles. The van der Waals surface area contributed by atoms with E-state index in [9.17, 15) is 27.6 Å². The Balaban J connectivity index is 1.94. The third kappa shape index (κ3) is 6.57. The molecule has 30 heavy (non-hydrogen) atoms. The summed E-state index contributed by atoms with van der Waals surface area (Å²) in [5.41, 5.74) is -0.410. The molecule has 0 aliphatic rings. The lowest BCUT2D eigenvalue weighted by Crippen LogP contribution is -2.36. The van der Waals surface area contributed by atoms with E-state index < -0.39 is 28.6 Å². The molecule has 2 amide bonds. The molecule has 6 nitrogen and oxygen atoms in total. The summed E-state index contributed by atoms with van der Waals surface area (Å²) >= 11 is 5.55. The van der Waals surface area contributed by atoms with E-state index in [4.69, 9.17) is 11.6 Å². The van der Waals surface area contributed by atoms with Crippen LogP contribution in [-0.2, 0) is 15.8 Å². The summed E-state index contributed by atoms with van der Waals surface area (Å²) in [7, 11) is 1.50. The van der Waals surface area contributed by atoms with E-state index >= 15 is 0 Å². The first-order valence-corrected chi connectivity index (χ1v) is 9.10. The molecule has 2 N–H and O–H groups in total. The summed E-state index contributed by atoms with van der Waals surface area (Å²) in [6.45, 7) is 0.961. The Morgan fingerprint density at radius 2 is 1.60 bits per heavy atom. The summed E-state index contributed by atoms with van der Waals surface area (Å²) in [6.07, 6.45) is -4.65. The second-order valence-corrected chi connectivity index (χ2v) is 6.97. The number of carbonyl (C=O) groups excluding carboxylic acids is 3. The number of nitrogens with zero attached hydrogens (tertiary/aromatic N) is 1. The van der Waals surface area contributed by atoms with Crippen molar-refractivity contribution in [2.45, 2.75) is 13.1 Å². The van der Waals surface area contributed by atoms with Crippen molar-refractivity contribution in [2.75, 3.05) is 30.8 Å². The maximum atomic E-state index is 12.9. The minimum absolute atomic E-state index is 0.0648. The number of nitrogens with one attached hydrogen (secondary N) is 2. The number of anilines is 2. The number of carbonyl (C=O) groups is 3. The van der Waals surface area contributed by atoms with Gasteiger partial charge in [0.1, 0.15) is 0 Å². The van der Waals surface area contributed by atoms with Gasteiger partial charge >= 0.3 is 6.18 Å². The topological polar surface area (TPSA) is 78.5 Å². The minimum Gasteiger partial charge on any atom is -0.325 e. The standard InChI is InChI=1S/C20H19ClF3N3O3/c1-12(28)14-5-3-4-6-17(14)26-19(30)11-27(2)10-18(29)25-13-7-8-16(21)15(9-13)20(22,23)24/h3-9H,10-11H2,1-2H3,(H,25,29)(H,26,30). The number of benzene rings is 2. The molecule has 0 bridgehead atoms. The predicted octanol–water partition coefficient (Wildman–Crippen LogP) is 4.07. The van der Waals surface area contributed by atoms with Gasteiger partial charge in [-0.05, 0) is 44.3 Å². The quantitative estimate of drug-likeness (QED) is 0.635. The van der Waals surface area contributed by atoms with Gasteiger partial charge in [0.05, 0.1) is 29.4 Å². The first kappa shape index (κ1) is 23.4. The fraction of sp³-hybridized carbons (Fsp3) is 0.250. The highest BCUT2D eigenvalue weighted by Crippen LogP contribution is 2.36. The molecule has 2 rings (SSSR count). The van der Waals surface area contributed by atoms with E-state index in [0.29, 0.717) is 11.3 Å². The Kier molecular flexibility index (Phi) is 7.58.